The van der Waals surface area contributed by atoms with Gasteiger partial charge in [-0.2, -0.15) is 12.1 Å². The van der Waals surface area contributed by atoms with Crippen molar-refractivity contribution < 1.29 is 17.1 Å². The minimum atomic E-state index is -0.240. The van der Waals surface area contributed by atoms with Gasteiger partial charge in [-0.1, -0.05) is 95.6 Å². The summed E-state index contributed by atoms with van der Waals surface area (Å²) < 4.78 is -0.479. The van der Waals surface area contributed by atoms with Crippen molar-refractivity contribution in [2.45, 2.75) is 4.29 Å². The Balaban J connectivity index is 0.000000324. The van der Waals surface area contributed by atoms with E-state index in [0.29, 0.717) is 0 Å². The molecule has 0 aliphatic rings. The van der Waals surface area contributed by atoms with E-state index in [1.165, 1.54) is 11.1 Å². The van der Waals surface area contributed by atoms with Gasteiger partial charge in [0.25, 0.3) is 0 Å². The molecule has 0 aliphatic heterocycles. The van der Waals surface area contributed by atoms with Gasteiger partial charge in [0.1, 0.15) is 2.14 Å². The van der Waals surface area contributed by atoms with Crippen LogP contribution in [-0.2, 0) is 21.4 Å². The van der Waals surface area contributed by atoms with Gasteiger partial charge >= 0.3 is 0 Å². The van der Waals surface area contributed by atoms with Crippen LogP contribution >= 0.6 is 95.6 Å². The van der Waals surface area contributed by atoms with Gasteiger partial charge in [0, 0.05) is 17.1 Å². The van der Waals surface area contributed by atoms with E-state index in [2.05, 4.69) is 95.6 Å². The molecular weight excluding hydrogens is 679 g/mol. The van der Waals surface area contributed by atoms with Crippen LogP contribution in [0.25, 0.3) is 0 Å². The summed E-state index contributed by atoms with van der Waals surface area (Å²) in [4.78, 5) is 0. The topological polar surface area (TPSA) is 0 Å². The first kappa shape index (κ1) is 21.1. The van der Waals surface area contributed by atoms with Crippen LogP contribution in [0.15, 0.2) is 48.5 Å². The molecule has 0 unspecified atom stereocenters. The number of alkyl halides is 6. The van der Waals surface area contributed by atoms with E-state index in [1.807, 2.05) is 48.5 Å². The zero-order chi connectivity index (χ0) is 13.8. The normalized spacial score (nSPS) is 11.3. The van der Waals surface area contributed by atoms with Crippen molar-refractivity contribution in [3.63, 3.8) is 0 Å². The van der Waals surface area contributed by atoms with Gasteiger partial charge in [0.05, 0.1) is 0 Å². The summed E-state index contributed by atoms with van der Waals surface area (Å²) in [6, 6.07) is 16.1. The minimum absolute atomic E-state index is 0. The summed E-state index contributed by atoms with van der Waals surface area (Å²) in [5.74, 6) is 0. The maximum atomic E-state index is 3.40. The Labute approximate surface area is 174 Å². The second-order valence-electron chi connectivity index (χ2n) is 3.34. The van der Waals surface area contributed by atoms with Crippen LogP contribution in [0.2, 0.25) is 0 Å². The molecule has 0 N–H and O–H groups in total. The molecule has 0 amide bonds. The maximum Gasteiger partial charge on any atom is 0.117 e. The van der Waals surface area contributed by atoms with Gasteiger partial charge in [-0.15, -0.1) is 5.56 Å². The van der Waals surface area contributed by atoms with E-state index in [1.54, 1.807) is 0 Å². The Morgan fingerprint density at radius 3 is 1.37 bits per heavy atom. The first-order valence-corrected chi connectivity index (χ1v) is 9.55. The van der Waals surface area contributed by atoms with Crippen LogP contribution in [0.4, 0.5) is 0 Å². The van der Waals surface area contributed by atoms with Crippen molar-refractivity contribution in [2.24, 2.45) is 0 Å². The van der Waals surface area contributed by atoms with Gasteiger partial charge in [-0.05, 0) is 2.14 Å². The third-order valence-electron chi connectivity index (χ3n) is 1.98. The second kappa shape index (κ2) is 9.29. The van der Waals surface area contributed by atoms with E-state index < -0.39 is 0 Å². The second-order valence-corrected chi connectivity index (χ2v) is 16.9. The fraction of sp³-hybridized carbons (Fsp3) is 0.167. The number of hydrogen-bond donors (Lipinski definition) is 0. The molecule has 0 aromatic heterocycles. The summed E-state index contributed by atoms with van der Waals surface area (Å²) in [6.45, 7) is 0. The van der Waals surface area contributed by atoms with Gasteiger partial charge in [-0.3, -0.25) is 0 Å². The van der Waals surface area contributed by atoms with Crippen molar-refractivity contribution in [1.29, 1.82) is 0 Å². The molecule has 0 heterocycles. The fourth-order valence-electron chi connectivity index (χ4n) is 1.13. The van der Waals surface area contributed by atoms with Crippen molar-refractivity contribution in [1.82, 2.24) is 0 Å². The van der Waals surface area contributed by atoms with Gasteiger partial charge in [-0.25, -0.2) is 12.1 Å². The van der Waals surface area contributed by atoms with Crippen molar-refractivity contribution in [3.05, 3.63) is 59.7 Å². The van der Waals surface area contributed by atoms with Crippen molar-refractivity contribution in [3.8, 4) is 0 Å². The van der Waals surface area contributed by atoms with E-state index in [9.17, 15) is 0 Å². The molecule has 112 valence electrons. The maximum absolute atomic E-state index is 3.40. The molecule has 0 radical (unpaired) electrons. The molecule has 2 aromatic carbocycles. The van der Waals surface area contributed by atoms with Crippen molar-refractivity contribution >= 4 is 95.6 Å². The fourth-order valence-corrected chi connectivity index (χ4v) is 2.71. The molecule has 2 aromatic rings. The third kappa shape index (κ3) is 8.34. The van der Waals surface area contributed by atoms with Gasteiger partial charge in [0.15, 0.2) is 0 Å². The molecule has 0 saturated heterocycles. The van der Waals surface area contributed by atoms with Crippen LogP contribution in [0.5, 0.6) is 0 Å². The molecular formula is C12H8Br6Fe-6. The molecule has 0 nitrogen and oxygen atoms in total. The molecule has 0 spiro atoms. The van der Waals surface area contributed by atoms with E-state index in [-0.39, 0.29) is 21.4 Å². The molecule has 0 saturated carbocycles. The summed E-state index contributed by atoms with van der Waals surface area (Å²) in [6.07, 6.45) is 0. The average molecular weight is 687 g/mol. The Hall–Kier alpha value is 2.10. The smallest absolute Gasteiger partial charge is 0.117 e. The molecule has 7 heteroatoms. The summed E-state index contributed by atoms with van der Waals surface area (Å²) in [5.41, 5.74) is 2.34. The molecule has 0 fully saturated rings. The first-order chi connectivity index (χ1) is 8.21. The molecule has 0 bridgehead atoms. The monoisotopic (exact) mass is 682 g/mol. The zero-order valence-electron chi connectivity index (χ0n) is 9.24. The SMILES string of the molecule is BrC(Br)(Br)[c-]1[cH-][cH-][cH-][cH-]1.BrC(Br)(Br)[c-]1cccc1.[Fe]. The number of hydrogen-bond acceptors (Lipinski definition) is 0. The van der Waals surface area contributed by atoms with E-state index in [0.717, 1.165) is 0 Å². The molecule has 2 rings (SSSR count). The quantitative estimate of drug-likeness (QED) is 0.154. The van der Waals surface area contributed by atoms with E-state index in [4.69, 9.17) is 0 Å². The number of rotatable bonds is 0. The Kier molecular flexibility index (Phi) is 10.3. The minimum Gasteiger partial charge on any atom is -0.747 e. The standard InChI is InChI=1S/2C6H4Br3.Fe/c2*7-6(8,9)5-3-1-2-4-5;/h2*1-4H;/q-5;-1;. The number of halogens is 6. The van der Waals surface area contributed by atoms with Crippen LogP contribution in [0.1, 0.15) is 11.1 Å². The van der Waals surface area contributed by atoms with E-state index >= 15 is 0 Å². The zero-order valence-corrected chi connectivity index (χ0v) is 19.9. The Bertz CT molecular complexity index is 391. The predicted molar refractivity (Wildman–Crippen MR) is 101 cm³/mol. The van der Waals surface area contributed by atoms with Crippen LogP contribution in [-0.4, -0.2) is 0 Å². The average Bonchev–Trinajstić information content (AvgIpc) is 2.91. The van der Waals surface area contributed by atoms with Gasteiger partial charge < -0.3 is 29.8 Å². The van der Waals surface area contributed by atoms with Gasteiger partial charge in [0.2, 0.25) is 0 Å². The first-order valence-electron chi connectivity index (χ1n) is 4.79. The molecule has 0 aliphatic carbocycles. The summed E-state index contributed by atoms with van der Waals surface area (Å²) >= 11 is 20.4. The molecule has 0 atom stereocenters. The Morgan fingerprint density at radius 2 is 1.16 bits per heavy atom. The van der Waals surface area contributed by atoms with Crippen LogP contribution < -0.4 is 0 Å². The van der Waals surface area contributed by atoms with Crippen LogP contribution in [0.3, 0.4) is 0 Å². The largest absolute Gasteiger partial charge is 0.747 e. The predicted octanol–water partition coefficient (Wildman–Crippen LogP) is 7.40. The van der Waals surface area contributed by atoms with Crippen LogP contribution in [0, 0.1) is 0 Å². The third-order valence-corrected chi connectivity index (χ3v) is 4.73. The molecule has 19 heavy (non-hydrogen) atoms. The summed E-state index contributed by atoms with van der Waals surface area (Å²) in [5, 5.41) is 0. The summed E-state index contributed by atoms with van der Waals surface area (Å²) in [7, 11) is 0. The Morgan fingerprint density at radius 1 is 0.737 bits per heavy atom. The van der Waals surface area contributed by atoms with Crippen molar-refractivity contribution in [2.75, 3.05) is 0 Å².